The van der Waals surface area contributed by atoms with Crippen molar-refractivity contribution < 1.29 is 0 Å². The second kappa shape index (κ2) is 6.68. The van der Waals surface area contributed by atoms with Crippen molar-refractivity contribution in [3.05, 3.63) is 25.4 Å². The van der Waals surface area contributed by atoms with Crippen LogP contribution in [-0.2, 0) is 6.42 Å². The van der Waals surface area contributed by atoms with Gasteiger partial charge in [-0.05, 0) is 41.9 Å². The van der Waals surface area contributed by atoms with Crippen molar-refractivity contribution in [2.45, 2.75) is 64.2 Å². The zero-order valence-electron chi connectivity index (χ0n) is 11.0. The molecule has 1 N–H and O–H groups in total. The highest BCUT2D eigenvalue weighted by Crippen LogP contribution is 2.28. The molecule has 1 aliphatic carbocycles. The first kappa shape index (κ1) is 14.0. The average molecular weight is 360 g/mol. The van der Waals surface area contributed by atoms with E-state index in [1.165, 1.54) is 44.9 Å². The van der Waals surface area contributed by atoms with Gasteiger partial charge in [0.1, 0.15) is 5.82 Å². The number of halogens is 1. The minimum atomic E-state index is 0.0412. The molecule has 0 radical (unpaired) electrons. The number of nitrogens with zero attached hydrogens (tertiary/aromatic N) is 1. The van der Waals surface area contributed by atoms with Gasteiger partial charge in [-0.15, -0.1) is 0 Å². The van der Waals surface area contributed by atoms with Crippen molar-refractivity contribution in [3.63, 3.8) is 0 Å². The third-order valence-corrected chi connectivity index (χ3v) is 4.89. The number of aromatic nitrogens is 2. The topological polar surface area (TPSA) is 45.8 Å². The van der Waals surface area contributed by atoms with Crippen LogP contribution in [0.1, 0.15) is 69.3 Å². The minimum absolute atomic E-state index is 0.0412. The summed E-state index contributed by atoms with van der Waals surface area (Å²) in [4.78, 5) is 19.6. The molecular formula is C14H21IN2O. The van der Waals surface area contributed by atoms with E-state index in [9.17, 15) is 4.79 Å². The maximum absolute atomic E-state index is 11.9. The van der Waals surface area contributed by atoms with Crippen molar-refractivity contribution in [3.8, 4) is 0 Å². The van der Waals surface area contributed by atoms with Gasteiger partial charge < -0.3 is 4.98 Å². The Morgan fingerprint density at radius 1 is 1.22 bits per heavy atom. The molecule has 100 valence electrons. The lowest BCUT2D eigenvalue weighted by atomic mass is 9.90. The van der Waals surface area contributed by atoms with Crippen LogP contribution >= 0.6 is 22.6 Å². The highest BCUT2D eigenvalue weighted by molar-refractivity contribution is 14.1. The molecule has 0 unspecified atom stereocenters. The fourth-order valence-corrected chi connectivity index (χ4v) is 3.32. The number of hydrogen-bond donors (Lipinski definition) is 1. The van der Waals surface area contributed by atoms with Gasteiger partial charge in [-0.2, -0.15) is 0 Å². The zero-order chi connectivity index (χ0) is 13.0. The Hall–Kier alpha value is -0.390. The van der Waals surface area contributed by atoms with Crippen LogP contribution in [0, 0.1) is 3.57 Å². The summed E-state index contributed by atoms with van der Waals surface area (Å²) in [5, 5.41) is 0. The molecule has 3 nitrogen and oxygen atoms in total. The minimum Gasteiger partial charge on any atom is -0.309 e. The molecular weight excluding hydrogens is 339 g/mol. The van der Waals surface area contributed by atoms with Gasteiger partial charge in [0.25, 0.3) is 5.56 Å². The number of aryl methyl sites for hydroxylation is 1. The van der Waals surface area contributed by atoms with E-state index in [2.05, 4.69) is 39.5 Å². The molecule has 1 heterocycles. The summed E-state index contributed by atoms with van der Waals surface area (Å²) in [6.45, 7) is 2.06. The standard InChI is InChI=1S/C14H21IN2O/c1-2-11-12(15)14(18)17-13(16-11)10-8-6-4-3-5-7-9-10/h10H,2-9H2,1H3,(H,16,17,18). The second-order valence-electron chi connectivity index (χ2n) is 5.11. The summed E-state index contributed by atoms with van der Waals surface area (Å²) in [5.41, 5.74) is 0.996. The number of rotatable bonds is 2. The smallest absolute Gasteiger partial charge is 0.264 e. The van der Waals surface area contributed by atoms with E-state index in [1.807, 2.05) is 0 Å². The third kappa shape index (κ3) is 3.33. The van der Waals surface area contributed by atoms with Crippen LogP contribution in [0.5, 0.6) is 0 Å². The summed E-state index contributed by atoms with van der Waals surface area (Å²) in [6.07, 6.45) is 9.73. The number of nitrogens with one attached hydrogen (secondary N) is 1. The van der Waals surface area contributed by atoms with Gasteiger partial charge in [0.15, 0.2) is 0 Å². The maximum Gasteiger partial charge on any atom is 0.264 e. The van der Waals surface area contributed by atoms with E-state index in [1.54, 1.807) is 0 Å². The van der Waals surface area contributed by atoms with E-state index in [4.69, 9.17) is 0 Å². The Morgan fingerprint density at radius 3 is 2.44 bits per heavy atom. The molecule has 1 aromatic rings. The number of aromatic amines is 1. The van der Waals surface area contributed by atoms with Gasteiger partial charge in [0.2, 0.25) is 0 Å². The van der Waals surface area contributed by atoms with Crippen LogP contribution in [0.4, 0.5) is 0 Å². The summed E-state index contributed by atoms with van der Waals surface area (Å²) in [5.74, 6) is 1.39. The lowest BCUT2D eigenvalue weighted by molar-refractivity contribution is 0.440. The highest BCUT2D eigenvalue weighted by atomic mass is 127. The van der Waals surface area contributed by atoms with Crippen LogP contribution in [-0.4, -0.2) is 9.97 Å². The molecule has 0 spiro atoms. The number of hydrogen-bond acceptors (Lipinski definition) is 2. The highest BCUT2D eigenvalue weighted by Gasteiger charge is 2.17. The predicted octanol–water partition coefficient (Wildman–Crippen LogP) is 3.76. The van der Waals surface area contributed by atoms with Crippen LogP contribution in [0.25, 0.3) is 0 Å². The SMILES string of the molecule is CCc1nc(C2CCCCCCC2)[nH]c(=O)c1I. The summed E-state index contributed by atoms with van der Waals surface area (Å²) in [6, 6.07) is 0. The van der Waals surface area contributed by atoms with Crippen LogP contribution in [0.15, 0.2) is 4.79 Å². The van der Waals surface area contributed by atoms with Crippen molar-refractivity contribution in [2.75, 3.05) is 0 Å². The van der Waals surface area contributed by atoms with Gasteiger partial charge in [-0.1, -0.05) is 39.0 Å². The zero-order valence-corrected chi connectivity index (χ0v) is 13.1. The fraction of sp³-hybridized carbons (Fsp3) is 0.714. The first-order chi connectivity index (χ1) is 8.72. The molecule has 1 fully saturated rings. The monoisotopic (exact) mass is 360 g/mol. The largest absolute Gasteiger partial charge is 0.309 e. The molecule has 1 saturated carbocycles. The molecule has 1 aromatic heterocycles. The number of H-pyrrole nitrogens is 1. The second-order valence-corrected chi connectivity index (χ2v) is 6.19. The van der Waals surface area contributed by atoms with E-state index in [0.29, 0.717) is 5.92 Å². The van der Waals surface area contributed by atoms with Crippen LogP contribution in [0.3, 0.4) is 0 Å². The molecule has 0 aromatic carbocycles. The van der Waals surface area contributed by atoms with E-state index >= 15 is 0 Å². The van der Waals surface area contributed by atoms with Crippen molar-refractivity contribution in [1.29, 1.82) is 0 Å². The fourth-order valence-electron chi connectivity index (χ4n) is 2.68. The molecule has 0 amide bonds. The maximum atomic E-state index is 11.9. The van der Waals surface area contributed by atoms with E-state index in [-0.39, 0.29) is 5.56 Å². The van der Waals surface area contributed by atoms with Crippen LogP contribution in [0.2, 0.25) is 0 Å². The third-order valence-electron chi connectivity index (χ3n) is 3.78. The van der Waals surface area contributed by atoms with Crippen LogP contribution < -0.4 is 5.56 Å². The van der Waals surface area contributed by atoms with Gasteiger partial charge in [0, 0.05) is 5.92 Å². The van der Waals surface area contributed by atoms with Gasteiger partial charge in [0.05, 0.1) is 9.26 Å². The Labute approximate surface area is 122 Å². The Bertz CT molecular complexity index is 448. The van der Waals surface area contributed by atoms with Gasteiger partial charge in [-0.3, -0.25) is 4.79 Å². The van der Waals surface area contributed by atoms with Gasteiger partial charge in [-0.25, -0.2) is 4.98 Å². The molecule has 0 saturated heterocycles. The molecule has 4 heteroatoms. The molecule has 0 aliphatic heterocycles. The van der Waals surface area contributed by atoms with E-state index in [0.717, 1.165) is 21.5 Å². The molecule has 2 rings (SSSR count). The average Bonchev–Trinajstić information content (AvgIpc) is 2.32. The summed E-state index contributed by atoms with van der Waals surface area (Å²) < 4.78 is 0.754. The molecule has 0 bridgehead atoms. The quantitative estimate of drug-likeness (QED) is 0.817. The predicted molar refractivity (Wildman–Crippen MR) is 82.0 cm³/mol. The first-order valence-corrected chi connectivity index (χ1v) is 8.08. The van der Waals surface area contributed by atoms with Gasteiger partial charge >= 0.3 is 0 Å². The van der Waals surface area contributed by atoms with Crippen molar-refractivity contribution in [1.82, 2.24) is 9.97 Å². The normalized spacial score (nSPS) is 18.3. The Kier molecular flexibility index (Phi) is 5.21. The first-order valence-electron chi connectivity index (χ1n) is 7.01. The Morgan fingerprint density at radius 2 is 1.83 bits per heavy atom. The van der Waals surface area contributed by atoms with E-state index < -0.39 is 0 Å². The van der Waals surface area contributed by atoms with Crippen molar-refractivity contribution >= 4 is 22.6 Å². The van der Waals surface area contributed by atoms with Crippen molar-refractivity contribution in [2.24, 2.45) is 0 Å². The lowest BCUT2D eigenvalue weighted by Crippen LogP contribution is -2.20. The molecule has 1 aliphatic rings. The summed E-state index contributed by atoms with van der Waals surface area (Å²) >= 11 is 2.10. The molecule has 0 atom stereocenters. The summed E-state index contributed by atoms with van der Waals surface area (Å²) in [7, 11) is 0. The molecule has 18 heavy (non-hydrogen) atoms. The lowest BCUT2D eigenvalue weighted by Gasteiger charge is -2.19. The Balaban J connectivity index is 2.25.